The van der Waals surface area contributed by atoms with E-state index in [1.54, 1.807) is 6.07 Å². The van der Waals surface area contributed by atoms with E-state index in [0.717, 1.165) is 22.9 Å². The first-order valence-electron chi connectivity index (χ1n) is 8.96. The molecule has 1 amide bonds. The van der Waals surface area contributed by atoms with Gasteiger partial charge in [0, 0.05) is 35.1 Å². The van der Waals surface area contributed by atoms with E-state index in [0.29, 0.717) is 18.7 Å². The SMILES string of the molecule is Cc1ccc([N+](=O)[O-])cc1NC(=O)CCNC1(c2ccc(Br)cc2)CCC1. The number of rotatable bonds is 7. The van der Waals surface area contributed by atoms with Crippen molar-refractivity contribution in [3.8, 4) is 0 Å². The second-order valence-corrected chi connectivity index (χ2v) is 7.84. The smallest absolute Gasteiger partial charge is 0.271 e. The summed E-state index contributed by atoms with van der Waals surface area (Å²) < 4.78 is 1.05. The molecule has 0 bridgehead atoms. The van der Waals surface area contributed by atoms with E-state index in [2.05, 4.69) is 38.7 Å². The maximum Gasteiger partial charge on any atom is 0.271 e. The van der Waals surface area contributed by atoms with Crippen LogP contribution in [0.2, 0.25) is 0 Å². The van der Waals surface area contributed by atoms with Crippen molar-refractivity contribution in [2.75, 3.05) is 11.9 Å². The Morgan fingerprint density at radius 3 is 2.52 bits per heavy atom. The van der Waals surface area contributed by atoms with Gasteiger partial charge in [-0.15, -0.1) is 0 Å². The van der Waals surface area contributed by atoms with Gasteiger partial charge in [0.25, 0.3) is 5.69 Å². The highest BCUT2D eigenvalue weighted by atomic mass is 79.9. The minimum atomic E-state index is -0.463. The lowest BCUT2D eigenvalue weighted by molar-refractivity contribution is -0.384. The van der Waals surface area contributed by atoms with Crippen LogP contribution in [0.1, 0.15) is 36.8 Å². The van der Waals surface area contributed by atoms with Gasteiger partial charge in [0.05, 0.1) is 10.6 Å². The molecule has 0 atom stereocenters. The van der Waals surface area contributed by atoms with Crippen molar-refractivity contribution < 1.29 is 9.72 Å². The monoisotopic (exact) mass is 431 g/mol. The molecular formula is C20H22BrN3O3. The van der Waals surface area contributed by atoms with Gasteiger partial charge < -0.3 is 10.6 Å². The summed E-state index contributed by atoms with van der Waals surface area (Å²) in [5.41, 5.74) is 2.44. The summed E-state index contributed by atoms with van der Waals surface area (Å²) in [5.74, 6) is -0.156. The van der Waals surface area contributed by atoms with Gasteiger partial charge in [-0.05, 0) is 49.4 Å². The lowest BCUT2D eigenvalue weighted by atomic mass is 9.72. The van der Waals surface area contributed by atoms with Crippen LogP contribution in [0.15, 0.2) is 46.9 Å². The second-order valence-electron chi connectivity index (χ2n) is 6.92. The third-order valence-electron chi connectivity index (χ3n) is 5.13. The molecule has 0 saturated heterocycles. The number of benzene rings is 2. The summed E-state index contributed by atoms with van der Waals surface area (Å²) in [6.07, 6.45) is 3.59. The summed E-state index contributed by atoms with van der Waals surface area (Å²) in [4.78, 5) is 22.7. The molecule has 2 aromatic carbocycles. The minimum Gasteiger partial charge on any atom is -0.326 e. The van der Waals surface area contributed by atoms with Crippen molar-refractivity contribution in [3.05, 3.63) is 68.2 Å². The highest BCUT2D eigenvalue weighted by Crippen LogP contribution is 2.41. The maximum atomic E-state index is 12.3. The number of anilines is 1. The Kier molecular flexibility index (Phi) is 5.92. The zero-order valence-corrected chi connectivity index (χ0v) is 16.7. The molecule has 7 heteroatoms. The second kappa shape index (κ2) is 8.19. The molecule has 1 aliphatic rings. The number of carbonyl (C=O) groups excluding carboxylic acids is 1. The molecule has 142 valence electrons. The number of nitro groups is 1. The standard InChI is InChI=1S/C20H22BrN3O3/c1-14-3-8-17(24(26)27)13-18(14)23-19(25)9-12-22-20(10-2-11-20)15-4-6-16(21)7-5-15/h3-8,13,22H,2,9-12H2,1H3,(H,23,25). The normalized spacial score (nSPS) is 15.0. The van der Waals surface area contributed by atoms with Crippen molar-refractivity contribution in [2.24, 2.45) is 0 Å². The van der Waals surface area contributed by atoms with E-state index < -0.39 is 4.92 Å². The molecule has 0 heterocycles. The zero-order chi connectivity index (χ0) is 19.4. The number of non-ortho nitro benzene ring substituents is 1. The minimum absolute atomic E-state index is 0.0299. The number of halogens is 1. The van der Waals surface area contributed by atoms with Crippen LogP contribution in [0, 0.1) is 17.0 Å². The van der Waals surface area contributed by atoms with Gasteiger partial charge in [-0.25, -0.2) is 0 Å². The topological polar surface area (TPSA) is 84.3 Å². The lowest BCUT2D eigenvalue weighted by Gasteiger charge is -2.43. The number of hydrogen-bond acceptors (Lipinski definition) is 4. The van der Waals surface area contributed by atoms with Gasteiger partial charge in [0.1, 0.15) is 0 Å². The number of nitrogens with zero attached hydrogens (tertiary/aromatic N) is 1. The fourth-order valence-corrected chi connectivity index (χ4v) is 3.62. The summed E-state index contributed by atoms with van der Waals surface area (Å²) in [6.45, 7) is 2.37. The highest BCUT2D eigenvalue weighted by Gasteiger charge is 2.37. The van der Waals surface area contributed by atoms with Crippen LogP contribution < -0.4 is 10.6 Å². The number of aryl methyl sites for hydroxylation is 1. The third kappa shape index (κ3) is 4.54. The predicted octanol–water partition coefficient (Wildman–Crippen LogP) is 4.66. The molecule has 0 spiro atoms. The van der Waals surface area contributed by atoms with Crippen LogP contribution in [0.25, 0.3) is 0 Å². The van der Waals surface area contributed by atoms with E-state index in [4.69, 9.17) is 0 Å². The summed E-state index contributed by atoms with van der Waals surface area (Å²) in [7, 11) is 0. The average molecular weight is 432 g/mol. The number of nitro benzene ring substituents is 1. The summed E-state index contributed by atoms with van der Waals surface area (Å²) >= 11 is 3.46. The fraction of sp³-hybridized carbons (Fsp3) is 0.350. The van der Waals surface area contributed by atoms with E-state index in [1.165, 1.54) is 24.1 Å². The molecule has 0 aromatic heterocycles. The summed E-state index contributed by atoms with van der Waals surface area (Å²) in [5, 5.41) is 17.2. The molecule has 1 aliphatic carbocycles. The van der Waals surface area contributed by atoms with E-state index in [-0.39, 0.29) is 17.1 Å². The van der Waals surface area contributed by atoms with Gasteiger partial charge in [-0.3, -0.25) is 14.9 Å². The largest absolute Gasteiger partial charge is 0.326 e. The average Bonchev–Trinajstić information content (AvgIpc) is 2.60. The van der Waals surface area contributed by atoms with E-state index in [1.807, 2.05) is 19.1 Å². The number of nitrogens with one attached hydrogen (secondary N) is 2. The first-order valence-corrected chi connectivity index (χ1v) is 9.75. The quantitative estimate of drug-likeness (QED) is 0.492. The van der Waals surface area contributed by atoms with Crippen LogP contribution in [0.3, 0.4) is 0 Å². The molecule has 0 radical (unpaired) electrons. The Morgan fingerprint density at radius 1 is 1.22 bits per heavy atom. The predicted molar refractivity (Wildman–Crippen MR) is 109 cm³/mol. The van der Waals surface area contributed by atoms with Crippen molar-refractivity contribution in [1.29, 1.82) is 0 Å². The third-order valence-corrected chi connectivity index (χ3v) is 5.65. The first kappa shape index (κ1) is 19.5. The van der Waals surface area contributed by atoms with Crippen LogP contribution in [-0.4, -0.2) is 17.4 Å². The highest BCUT2D eigenvalue weighted by molar-refractivity contribution is 9.10. The number of hydrogen-bond donors (Lipinski definition) is 2. The fourth-order valence-electron chi connectivity index (χ4n) is 3.35. The van der Waals surface area contributed by atoms with E-state index in [9.17, 15) is 14.9 Å². The molecule has 3 rings (SSSR count). The van der Waals surface area contributed by atoms with Crippen LogP contribution in [0.4, 0.5) is 11.4 Å². The molecule has 2 aromatic rings. The molecule has 27 heavy (non-hydrogen) atoms. The van der Waals surface area contributed by atoms with Crippen molar-refractivity contribution >= 4 is 33.2 Å². The van der Waals surface area contributed by atoms with Gasteiger partial charge in [-0.1, -0.05) is 34.1 Å². The zero-order valence-electron chi connectivity index (χ0n) is 15.1. The number of amides is 1. The van der Waals surface area contributed by atoms with Crippen LogP contribution in [0.5, 0.6) is 0 Å². The van der Waals surface area contributed by atoms with Crippen molar-refractivity contribution in [1.82, 2.24) is 5.32 Å². The molecule has 2 N–H and O–H groups in total. The Morgan fingerprint density at radius 2 is 1.93 bits per heavy atom. The van der Waals surface area contributed by atoms with Gasteiger partial charge >= 0.3 is 0 Å². The Bertz CT molecular complexity index is 848. The van der Waals surface area contributed by atoms with Gasteiger partial charge in [0.15, 0.2) is 0 Å². The summed E-state index contributed by atoms with van der Waals surface area (Å²) in [6, 6.07) is 12.8. The molecule has 1 fully saturated rings. The molecule has 0 aliphatic heterocycles. The van der Waals surface area contributed by atoms with Crippen molar-refractivity contribution in [2.45, 2.75) is 38.1 Å². The van der Waals surface area contributed by atoms with Crippen molar-refractivity contribution in [3.63, 3.8) is 0 Å². The van der Waals surface area contributed by atoms with Crippen LogP contribution >= 0.6 is 15.9 Å². The molecule has 0 unspecified atom stereocenters. The van der Waals surface area contributed by atoms with E-state index >= 15 is 0 Å². The Hall–Kier alpha value is -2.25. The Labute approximate surface area is 166 Å². The van der Waals surface area contributed by atoms with Gasteiger partial charge in [0.2, 0.25) is 5.91 Å². The van der Waals surface area contributed by atoms with Gasteiger partial charge in [-0.2, -0.15) is 0 Å². The van der Waals surface area contributed by atoms with Crippen LogP contribution in [-0.2, 0) is 10.3 Å². The molecule has 1 saturated carbocycles. The maximum absolute atomic E-state index is 12.3. The first-order chi connectivity index (χ1) is 12.9. The molecule has 6 nitrogen and oxygen atoms in total. The number of carbonyl (C=O) groups is 1. The lowest BCUT2D eigenvalue weighted by Crippen LogP contribution is -2.48. The molecular weight excluding hydrogens is 410 g/mol. The Balaban J connectivity index is 1.57.